The second kappa shape index (κ2) is 32.2. The Morgan fingerprint density at radius 3 is 1.20 bits per heavy atom. The highest BCUT2D eigenvalue weighted by Crippen LogP contribution is 2.14. The minimum absolute atomic E-state index is 0.00135. The number of thioether (sulfide) groups is 1. The Hall–Kier alpha value is -7.15. The Kier molecular flexibility index (Phi) is 27.5. The van der Waals surface area contributed by atoms with Crippen LogP contribution in [-0.4, -0.2) is 205 Å². The number of amides is 9. The van der Waals surface area contributed by atoms with E-state index in [0.29, 0.717) is 16.9 Å². The van der Waals surface area contributed by atoms with Crippen molar-refractivity contribution < 1.29 is 88.8 Å². The molecule has 29 heteroatoms. The minimum Gasteiger partial charge on any atom is -0.508 e. The van der Waals surface area contributed by atoms with Crippen molar-refractivity contribution in [2.75, 3.05) is 45.0 Å². The Labute approximate surface area is 434 Å². The average Bonchev–Trinajstić information content (AvgIpc) is 3.37. The first-order chi connectivity index (χ1) is 35.4. The van der Waals surface area contributed by atoms with E-state index in [4.69, 9.17) is 10.8 Å². The highest BCUT2D eigenvalue weighted by atomic mass is 32.2. The van der Waals surface area contributed by atoms with Crippen LogP contribution in [0.4, 0.5) is 0 Å². The fourth-order valence-electron chi connectivity index (χ4n) is 6.60. The lowest BCUT2D eigenvalue weighted by Crippen LogP contribution is -2.62. The van der Waals surface area contributed by atoms with Gasteiger partial charge >= 0.3 is 5.97 Å². The molecule has 0 bridgehead atoms. The number of carbonyl (C=O) groups is 10. The third-order valence-electron chi connectivity index (χ3n) is 11.0. The monoisotopic (exact) mass is 1080 g/mol. The first kappa shape index (κ1) is 64.0. The number of rotatable bonds is 32. The molecule has 0 aliphatic heterocycles. The molecule has 0 radical (unpaired) electrons. The van der Waals surface area contributed by atoms with Crippen molar-refractivity contribution in [3.8, 4) is 11.5 Å². The second-order valence-electron chi connectivity index (χ2n) is 17.3. The molecule has 28 nitrogen and oxygen atoms in total. The number of phenolic OH excluding ortho intramolecular Hbond substituents is 2. The number of carbonyl (C=O) groups excluding carboxylic acids is 9. The zero-order valence-corrected chi connectivity index (χ0v) is 42.3. The zero-order chi connectivity index (χ0) is 56.5. The van der Waals surface area contributed by atoms with Gasteiger partial charge in [-0.25, -0.2) is 4.79 Å². The number of nitrogens with one attached hydrogen (secondary N) is 9. The number of aliphatic carboxylic acids is 1. The van der Waals surface area contributed by atoms with Crippen molar-refractivity contribution in [2.45, 2.75) is 100 Å². The molecule has 0 aliphatic rings. The summed E-state index contributed by atoms with van der Waals surface area (Å²) in [4.78, 5) is 131. The molecule has 19 N–H and O–H groups in total. The Balaban J connectivity index is 2.24. The summed E-state index contributed by atoms with van der Waals surface area (Å²) in [5, 5.41) is 99.0. The van der Waals surface area contributed by atoms with Crippen LogP contribution < -0.4 is 53.6 Å². The van der Waals surface area contributed by atoms with Crippen LogP contribution in [0.3, 0.4) is 0 Å². The molecule has 10 atom stereocenters. The quantitative estimate of drug-likeness (QED) is 0.0324. The lowest BCUT2D eigenvalue weighted by molar-refractivity contribution is -0.142. The van der Waals surface area contributed by atoms with Crippen molar-refractivity contribution in [3.63, 3.8) is 0 Å². The van der Waals surface area contributed by atoms with Crippen LogP contribution in [0.25, 0.3) is 0 Å². The molecule has 2 aromatic carbocycles. The first-order valence-corrected chi connectivity index (χ1v) is 24.6. The van der Waals surface area contributed by atoms with Gasteiger partial charge in [-0.2, -0.15) is 11.8 Å². The largest absolute Gasteiger partial charge is 0.508 e. The van der Waals surface area contributed by atoms with Gasteiger partial charge in [-0.05, 0) is 66.7 Å². The molecule has 2 aromatic rings. The summed E-state index contributed by atoms with van der Waals surface area (Å²) in [6.45, 7) is -0.937. The molecular formula is C46H68N10O18S. The molecule has 0 spiro atoms. The summed E-state index contributed by atoms with van der Waals surface area (Å²) in [5.41, 5.74) is 6.26. The van der Waals surface area contributed by atoms with Gasteiger partial charge in [-0.1, -0.05) is 38.1 Å². The van der Waals surface area contributed by atoms with Crippen LogP contribution in [0, 0.1) is 5.92 Å². The summed E-state index contributed by atoms with van der Waals surface area (Å²) >= 11 is 1.32. The van der Waals surface area contributed by atoms with Crippen LogP contribution in [0.15, 0.2) is 48.5 Å². The van der Waals surface area contributed by atoms with Gasteiger partial charge in [0.2, 0.25) is 53.2 Å². The smallest absolute Gasteiger partial charge is 0.326 e. The molecule has 416 valence electrons. The predicted molar refractivity (Wildman–Crippen MR) is 266 cm³/mol. The molecular weight excluding hydrogens is 1010 g/mol. The molecule has 9 amide bonds. The fourth-order valence-corrected chi connectivity index (χ4v) is 7.07. The van der Waals surface area contributed by atoms with Crippen molar-refractivity contribution >= 4 is 70.9 Å². The van der Waals surface area contributed by atoms with Crippen LogP contribution in [-0.2, 0) is 60.8 Å². The Morgan fingerprint density at radius 2 is 0.800 bits per heavy atom. The van der Waals surface area contributed by atoms with E-state index in [9.17, 15) is 83.7 Å². The molecule has 0 saturated heterocycles. The van der Waals surface area contributed by atoms with Crippen molar-refractivity contribution in [2.24, 2.45) is 11.7 Å². The maximum atomic E-state index is 14.0. The molecule has 0 aliphatic carbocycles. The van der Waals surface area contributed by atoms with Gasteiger partial charge in [0.25, 0.3) is 0 Å². The van der Waals surface area contributed by atoms with Gasteiger partial charge < -0.3 is 94.4 Å². The number of phenols is 2. The third kappa shape index (κ3) is 21.3. The van der Waals surface area contributed by atoms with E-state index < -0.39 is 159 Å². The number of aromatic hydroxyl groups is 2. The predicted octanol–water partition coefficient (Wildman–Crippen LogP) is -6.95. The summed E-state index contributed by atoms with van der Waals surface area (Å²) < 4.78 is 0. The van der Waals surface area contributed by atoms with Crippen LogP contribution in [0.1, 0.15) is 38.3 Å². The Morgan fingerprint density at radius 1 is 0.453 bits per heavy atom. The van der Waals surface area contributed by atoms with E-state index in [0.717, 1.165) is 0 Å². The van der Waals surface area contributed by atoms with Crippen molar-refractivity contribution in [3.05, 3.63) is 59.7 Å². The SMILES string of the molecule is CSCC[C@H](NC(=O)[C@H](Cc1ccc(O)cc1)NC(=O)[C@H](CO)NC(=O)[C@@H](NC(=O)[C@H](CO)NC(=O)[C@H](CO)NC(=O)[C@H](CO)NC(=O)[C@H](C)NC(=O)[C@@H](N)CO)C(C)C)C(=O)N[C@@H](Cc1ccc(O)cc1)C(=O)O. The molecule has 0 heterocycles. The highest BCUT2D eigenvalue weighted by molar-refractivity contribution is 7.98. The lowest BCUT2D eigenvalue weighted by Gasteiger charge is -2.28. The number of hydrogen-bond acceptors (Lipinski definition) is 19. The summed E-state index contributed by atoms with van der Waals surface area (Å²) in [6, 6.07) is -4.73. The highest BCUT2D eigenvalue weighted by Gasteiger charge is 2.36. The van der Waals surface area contributed by atoms with E-state index >= 15 is 0 Å². The van der Waals surface area contributed by atoms with Crippen molar-refractivity contribution in [1.29, 1.82) is 0 Å². The van der Waals surface area contributed by atoms with Crippen LogP contribution in [0.2, 0.25) is 0 Å². The third-order valence-corrected chi connectivity index (χ3v) is 11.7. The Bertz CT molecular complexity index is 2260. The van der Waals surface area contributed by atoms with Crippen LogP contribution in [0.5, 0.6) is 11.5 Å². The van der Waals surface area contributed by atoms with E-state index in [-0.39, 0.29) is 30.8 Å². The maximum Gasteiger partial charge on any atom is 0.326 e. The van der Waals surface area contributed by atoms with E-state index in [1.807, 2.05) is 0 Å². The summed E-state index contributed by atoms with van der Waals surface area (Å²) in [5.74, 6) is -11.7. The second-order valence-corrected chi connectivity index (χ2v) is 18.3. The van der Waals surface area contributed by atoms with E-state index in [1.165, 1.54) is 81.1 Å². The fraction of sp³-hybridized carbons (Fsp3) is 0.522. The number of carboxylic acids is 1. The standard InChI is InChI=1S/C46H68N10O18S/c1-22(2)36(56-44(71)35(21-61)54-43(70)33(19-59)53-42(69)32(18-58)52-37(64)23(3)48-38(65)28(47)17-57)45(72)55-34(20-60)41(68)50-30(15-24-5-9-26(62)10-6-24)40(67)49-29(13-14-75-4)39(66)51-31(46(73)74)16-25-7-11-27(63)12-8-25/h5-12,22-23,28-36,57-63H,13-21,47H2,1-4H3,(H,48,65)(H,49,67)(H,50,68)(H,51,66)(H,52,64)(H,53,69)(H,54,70)(H,55,72)(H,56,71)(H,73,74)/t23-,28-,29-,30-,31-,32-,33-,34-,35-,36-/m0/s1. The summed E-state index contributed by atoms with van der Waals surface area (Å²) in [6.07, 6.45) is 1.27. The average molecular weight is 1080 g/mol. The molecule has 0 saturated carbocycles. The van der Waals surface area contributed by atoms with E-state index in [2.05, 4.69) is 47.9 Å². The van der Waals surface area contributed by atoms with Gasteiger partial charge in [0.15, 0.2) is 0 Å². The van der Waals surface area contributed by atoms with Gasteiger partial charge in [0.1, 0.15) is 71.9 Å². The lowest BCUT2D eigenvalue weighted by atomic mass is 10.0. The summed E-state index contributed by atoms with van der Waals surface area (Å²) in [7, 11) is 0. The topological polar surface area (TPSA) is 467 Å². The number of aliphatic hydroxyl groups is 5. The van der Waals surface area contributed by atoms with Gasteiger partial charge in [-0.15, -0.1) is 0 Å². The van der Waals surface area contributed by atoms with Gasteiger partial charge in [-0.3, -0.25) is 43.2 Å². The molecule has 0 aromatic heterocycles. The number of hydrogen-bond donors (Lipinski definition) is 18. The van der Waals surface area contributed by atoms with Crippen LogP contribution >= 0.6 is 11.8 Å². The number of carboxylic acid groups (broad SMARTS) is 1. The number of aliphatic hydroxyl groups excluding tert-OH is 5. The van der Waals surface area contributed by atoms with E-state index in [1.54, 1.807) is 6.26 Å². The zero-order valence-electron chi connectivity index (χ0n) is 41.5. The minimum atomic E-state index is -1.86. The molecule has 2 rings (SSSR count). The molecule has 75 heavy (non-hydrogen) atoms. The number of nitrogens with two attached hydrogens (primary N) is 1. The first-order valence-electron chi connectivity index (χ1n) is 23.2. The maximum absolute atomic E-state index is 14.0. The van der Waals surface area contributed by atoms with Crippen molar-refractivity contribution in [1.82, 2.24) is 47.9 Å². The van der Waals surface area contributed by atoms with Gasteiger partial charge in [0.05, 0.1) is 33.0 Å². The normalized spacial score (nSPS) is 15.1. The number of benzene rings is 2. The molecule has 0 unspecified atom stereocenters. The molecule has 0 fully saturated rings. The van der Waals surface area contributed by atoms with Gasteiger partial charge in [0, 0.05) is 12.8 Å².